The minimum atomic E-state index is -0.191. The lowest BCUT2D eigenvalue weighted by Gasteiger charge is -2.10. The largest absolute Gasteiger partial charge is 0.393 e. The summed E-state index contributed by atoms with van der Waals surface area (Å²) < 4.78 is 0. The van der Waals surface area contributed by atoms with E-state index in [1.807, 2.05) is 12.1 Å². The van der Waals surface area contributed by atoms with Gasteiger partial charge in [0.05, 0.1) is 6.10 Å². The Morgan fingerprint density at radius 3 is 2.50 bits per heavy atom. The normalized spacial score (nSPS) is 12.6. The van der Waals surface area contributed by atoms with E-state index >= 15 is 0 Å². The van der Waals surface area contributed by atoms with Crippen LogP contribution in [0.1, 0.15) is 51.0 Å². The monoisotopic (exact) mass is 221 g/mol. The highest BCUT2D eigenvalue weighted by Crippen LogP contribution is 2.10. The lowest BCUT2D eigenvalue weighted by Crippen LogP contribution is -2.10. The lowest BCUT2D eigenvalue weighted by molar-refractivity contribution is 0.161. The Balaban J connectivity index is 2.09. The standard InChI is InChI=1S/C14H23NO/c1-2-3-4-5-6-7-14(16)12-13-8-10-15-11-9-13/h8-11,14,16H,2-7,12H2,1H3. The molecule has 0 aliphatic heterocycles. The van der Waals surface area contributed by atoms with E-state index in [0.717, 1.165) is 19.3 Å². The zero-order valence-corrected chi connectivity index (χ0v) is 10.2. The molecule has 0 fully saturated rings. The first-order valence-corrected chi connectivity index (χ1v) is 6.40. The van der Waals surface area contributed by atoms with Gasteiger partial charge >= 0.3 is 0 Å². The van der Waals surface area contributed by atoms with Crippen LogP contribution >= 0.6 is 0 Å². The number of unbranched alkanes of at least 4 members (excludes halogenated alkanes) is 4. The molecular formula is C14H23NO. The van der Waals surface area contributed by atoms with Crippen LogP contribution in [-0.4, -0.2) is 16.2 Å². The van der Waals surface area contributed by atoms with E-state index in [1.165, 1.54) is 31.2 Å². The molecule has 1 atom stereocenters. The molecule has 0 aliphatic carbocycles. The van der Waals surface area contributed by atoms with E-state index in [-0.39, 0.29) is 6.10 Å². The summed E-state index contributed by atoms with van der Waals surface area (Å²) in [4.78, 5) is 3.97. The number of aliphatic hydroxyl groups excluding tert-OH is 1. The average molecular weight is 221 g/mol. The number of rotatable bonds is 8. The van der Waals surface area contributed by atoms with Crippen LogP contribution in [0.5, 0.6) is 0 Å². The third-order valence-electron chi connectivity index (χ3n) is 2.86. The van der Waals surface area contributed by atoms with Gasteiger partial charge < -0.3 is 5.11 Å². The zero-order valence-electron chi connectivity index (χ0n) is 10.2. The third-order valence-corrected chi connectivity index (χ3v) is 2.86. The van der Waals surface area contributed by atoms with Gasteiger partial charge in [0.25, 0.3) is 0 Å². The Morgan fingerprint density at radius 1 is 1.12 bits per heavy atom. The highest BCUT2D eigenvalue weighted by molar-refractivity contribution is 5.10. The summed E-state index contributed by atoms with van der Waals surface area (Å²) in [5, 5.41) is 9.84. The minimum Gasteiger partial charge on any atom is -0.393 e. The van der Waals surface area contributed by atoms with Crippen molar-refractivity contribution in [2.24, 2.45) is 0 Å². The van der Waals surface area contributed by atoms with E-state index in [9.17, 15) is 5.11 Å². The first-order valence-electron chi connectivity index (χ1n) is 6.40. The fourth-order valence-corrected chi connectivity index (χ4v) is 1.88. The van der Waals surface area contributed by atoms with E-state index in [4.69, 9.17) is 0 Å². The van der Waals surface area contributed by atoms with Crippen molar-refractivity contribution < 1.29 is 5.11 Å². The van der Waals surface area contributed by atoms with Gasteiger partial charge in [-0.05, 0) is 30.5 Å². The number of hydrogen-bond donors (Lipinski definition) is 1. The highest BCUT2D eigenvalue weighted by Gasteiger charge is 2.04. The van der Waals surface area contributed by atoms with Gasteiger partial charge in [-0.2, -0.15) is 0 Å². The van der Waals surface area contributed by atoms with Crippen molar-refractivity contribution in [3.8, 4) is 0 Å². The zero-order chi connectivity index (χ0) is 11.6. The summed E-state index contributed by atoms with van der Waals surface area (Å²) >= 11 is 0. The molecule has 1 unspecified atom stereocenters. The topological polar surface area (TPSA) is 33.1 Å². The Morgan fingerprint density at radius 2 is 1.81 bits per heavy atom. The lowest BCUT2D eigenvalue weighted by atomic mass is 10.0. The first-order chi connectivity index (χ1) is 7.83. The van der Waals surface area contributed by atoms with Crippen LogP contribution in [0.25, 0.3) is 0 Å². The Kier molecular flexibility index (Phi) is 6.82. The molecular weight excluding hydrogens is 198 g/mol. The fraction of sp³-hybridized carbons (Fsp3) is 0.643. The Labute approximate surface area is 98.7 Å². The fourth-order valence-electron chi connectivity index (χ4n) is 1.88. The van der Waals surface area contributed by atoms with Crippen molar-refractivity contribution in [3.05, 3.63) is 30.1 Å². The molecule has 0 aliphatic rings. The highest BCUT2D eigenvalue weighted by atomic mass is 16.3. The molecule has 0 bridgehead atoms. The number of hydrogen-bond acceptors (Lipinski definition) is 2. The van der Waals surface area contributed by atoms with Crippen molar-refractivity contribution in [3.63, 3.8) is 0 Å². The third kappa shape index (κ3) is 5.86. The molecule has 0 saturated carbocycles. The molecule has 0 radical (unpaired) electrons. The summed E-state index contributed by atoms with van der Waals surface area (Å²) in [6.07, 6.45) is 11.4. The van der Waals surface area contributed by atoms with Gasteiger partial charge in [0.2, 0.25) is 0 Å². The molecule has 0 amide bonds. The summed E-state index contributed by atoms with van der Waals surface area (Å²) in [5.41, 5.74) is 1.18. The van der Waals surface area contributed by atoms with Crippen LogP contribution in [0.2, 0.25) is 0 Å². The van der Waals surface area contributed by atoms with Crippen LogP contribution in [-0.2, 0) is 6.42 Å². The second kappa shape index (κ2) is 8.28. The second-order valence-electron chi connectivity index (χ2n) is 4.42. The van der Waals surface area contributed by atoms with Crippen molar-refractivity contribution in [2.75, 3.05) is 0 Å². The SMILES string of the molecule is CCCCCCCC(O)Cc1ccncc1. The molecule has 1 aromatic rings. The van der Waals surface area contributed by atoms with Crippen LogP contribution < -0.4 is 0 Å². The average Bonchev–Trinajstić information content (AvgIpc) is 2.30. The quantitative estimate of drug-likeness (QED) is 0.683. The Hall–Kier alpha value is -0.890. The van der Waals surface area contributed by atoms with Crippen LogP contribution in [0, 0.1) is 0 Å². The Bertz CT molecular complexity index is 261. The van der Waals surface area contributed by atoms with Crippen LogP contribution in [0.3, 0.4) is 0 Å². The number of aromatic nitrogens is 1. The van der Waals surface area contributed by atoms with Gasteiger partial charge in [0.1, 0.15) is 0 Å². The molecule has 0 spiro atoms. The maximum absolute atomic E-state index is 9.84. The molecule has 0 aromatic carbocycles. The van der Waals surface area contributed by atoms with Crippen molar-refractivity contribution >= 4 is 0 Å². The van der Waals surface area contributed by atoms with E-state index in [0.29, 0.717) is 0 Å². The second-order valence-corrected chi connectivity index (χ2v) is 4.42. The predicted octanol–water partition coefficient (Wildman–Crippen LogP) is 3.35. The molecule has 1 heterocycles. The van der Waals surface area contributed by atoms with E-state index < -0.39 is 0 Å². The minimum absolute atomic E-state index is 0.191. The van der Waals surface area contributed by atoms with Crippen LogP contribution in [0.4, 0.5) is 0 Å². The summed E-state index contributed by atoms with van der Waals surface area (Å²) in [6.45, 7) is 2.22. The van der Waals surface area contributed by atoms with Gasteiger partial charge in [0, 0.05) is 12.4 Å². The first kappa shape index (κ1) is 13.2. The van der Waals surface area contributed by atoms with Gasteiger partial charge in [-0.1, -0.05) is 39.0 Å². The van der Waals surface area contributed by atoms with E-state index in [1.54, 1.807) is 12.4 Å². The molecule has 1 aromatic heterocycles. The molecule has 2 nitrogen and oxygen atoms in total. The molecule has 1 N–H and O–H groups in total. The van der Waals surface area contributed by atoms with Crippen LogP contribution in [0.15, 0.2) is 24.5 Å². The summed E-state index contributed by atoms with van der Waals surface area (Å²) in [6, 6.07) is 3.95. The molecule has 1 rings (SSSR count). The number of pyridine rings is 1. The molecule has 0 saturated heterocycles. The van der Waals surface area contributed by atoms with Gasteiger partial charge in [-0.25, -0.2) is 0 Å². The smallest absolute Gasteiger partial charge is 0.0580 e. The predicted molar refractivity (Wildman–Crippen MR) is 67.3 cm³/mol. The summed E-state index contributed by atoms with van der Waals surface area (Å²) in [5.74, 6) is 0. The molecule has 2 heteroatoms. The molecule has 90 valence electrons. The summed E-state index contributed by atoms with van der Waals surface area (Å²) in [7, 11) is 0. The molecule has 16 heavy (non-hydrogen) atoms. The van der Waals surface area contributed by atoms with Gasteiger partial charge in [-0.3, -0.25) is 4.98 Å². The number of aliphatic hydroxyl groups is 1. The van der Waals surface area contributed by atoms with Gasteiger partial charge in [0.15, 0.2) is 0 Å². The maximum Gasteiger partial charge on any atom is 0.0580 e. The van der Waals surface area contributed by atoms with E-state index in [2.05, 4.69) is 11.9 Å². The number of nitrogens with zero attached hydrogens (tertiary/aromatic N) is 1. The van der Waals surface area contributed by atoms with Gasteiger partial charge in [-0.15, -0.1) is 0 Å². The van der Waals surface area contributed by atoms with Crippen molar-refractivity contribution in [1.29, 1.82) is 0 Å². The maximum atomic E-state index is 9.84. The van der Waals surface area contributed by atoms with Crippen molar-refractivity contribution in [1.82, 2.24) is 4.98 Å². The van der Waals surface area contributed by atoms with Crippen molar-refractivity contribution in [2.45, 2.75) is 58.0 Å².